The van der Waals surface area contributed by atoms with Crippen LogP contribution in [0.3, 0.4) is 0 Å². The van der Waals surface area contributed by atoms with Crippen LogP contribution in [0, 0.1) is 0 Å². The number of piperidine rings is 1. The zero-order valence-electron chi connectivity index (χ0n) is 19.3. The molecule has 2 aliphatic rings. The molecular weight excluding hydrogens is 476 g/mol. The first-order chi connectivity index (χ1) is 17.0. The van der Waals surface area contributed by atoms with Crippen LogP contribution in [0.2, 0.25) is 0 Å². The lowest BCUT2D eigenvalue weighted by atomic mass is 9.98. The zero-order chi connectivity index (χ0) is 24.0. The summed E-state index contributed by atoms with van der Waals surface area (Å²) in [6, 6.07) is 10.5. The van der Waals surface area contributed by atoms with Crippen LogP contribution in [0.15, 0.2) is 83.0 Å². The van der Waals surface area contributed by atoms with Gasteiger partial charge in [0.05, 0.1) is 15.6 Å². The molecule has 0 N–H and O–H groups in total. The van der Waals surface area contributed by atoms with Gasteiger partial charge in [-0.3, -0.25) is 0 Å². The smallest absolute Gasteiger partial charge is 0.269 e. The van der Waals surface area contributed by atoms with Gasteiger partial charge in [0.25, 0.3) is 10.0 Å². The maximum atomic E-state index is 13.6. The molecule has 1 saturated heterocycles. The standard InChI is InChI=1S/C27H24N4O2S2/c1-30-13-11-20(12-14-30)27-29-25(18-34-27)24-17-31(35(32,33)22-9-3-2-4-10-22)26-23(24)15-21(16-28-26)19-7-5-6-8-19/h2-7,9-10,15-18,20H,11-14H2,1H3. The highest BCUT2D eigenvalue weighted by Crippen LogP contribution is 2.37. The van der Waals surface area contributed by atoms with Crippen molar-refractivity contribution in [3.8, 4) is 11.3 Å². The van der Waals surface area contributed by atoms with Gasteiger partial charge in [-0.05, 0) is 63.3 Å². The molecule has 0 amide bonds. The molecular formula is C27H24N4O2S2. The summed E-state index contributed by atoms with van der Waals surface area (Å²) >= 11 is 1.66. The molecule has 1 aliphatic carbocycles. The van der Waals surface area contributed by atoms with Crippen molar-refractivity contribution in [2.75, 3.05) is 20.1 Å². The molecule has 4 heterocycles. The van der Waals surface area contributed by atoms with Gasteiger partial charge in [-0.1, -0.05) is 24.3 Å². The normalized spacial score (nSPS) is 16.9. The quantitative estimate of drug-likeness (QED) is 0.347. The van der Waals surface area contributed by atoms with Crippen LogP contribution in [0.4, 0.5) is 0 Å². The third kappa shape index (κ3) is 3.98. The Morgan fingerprint density at radius 2 is 1.94 bits per heavy atom. The van der Waals surface area contributed by atoms with E-state index in [2.05, 4.69) is 22.7 Å². The third-order valence-corrected chi connectivity index (χ3v) is 9.36. The first-order valence-electron chi connectivity index (χ1n) is 11.6. The Morgan fingerprint density at radius 3 is 2.69 bits per heavy atom. The van der Waals surface area contributed by atoms with Crippen molar-refractivity contribution in [1.82, 2.24) is 18.8 Å². The van der Waals surface area contributed by atoms with Crippen LogP contribution in [0.25, 0.3) is 27.9 Å². The van der Waals surface area contributed by atoms with Crippen LogP contribution in [0.5, 0.6) is 0 Å². The van der Waals surface area contributed by atoms with Crippen molar-refractivity contribution < 1.29 is 8.42 Å². The summed E-state index contributed by atoms with van der Waals surface area (Å²) in [6.07, 6.45) is 11.3. The monoisotopic (exact) mass is 500 g/mol. The van der Waals surface area contributed by atoms with Crippen molar-refractivity contribution in [2.45, 2.75) is 23.7 Å². The van der Waals surface area contributed by atoms with Gasteiger partial charge in [-0.15, -0.1) is 17.1 Å². The summed E-state index contributed by atoms with van der Waals surface area (Å²) in [5, 5.41) is 3.92. The Hall–Kier alpha value is -3.29. The molecule has 1 aromatic carbocycles. The molecule has 0 atom stereocenters. The summed E-state index contributed by atoms with van der Waals surface area (Å²) < 4.78 is 28.5. The number of fused-ring (bicyclic) bond motifs is 1. The molecule has 4 aromatic rings. The second kappa shape index (κ2) is 8.73. The summed E-state index contributed by atoms with van der Waals surface area (Å²) in [5.74, 6) is 0.443. The third-order valence-electron chi connectivity index (χ3n) is 6.69. The number of likely N-dealkylation sites (tertiary alicyclic amines) is 1. The van der Waals surface area contributed by atoms with Gasteiger partial charge in [0.1, 0.15) is 0 Å². The Morgan fingerprint density at radius 1 is 1.14 bits per heavy atom. The van der Waals surface area contributed by atoms with E-state index in [0.29, 0.717) is 11.6 Å². The van der Waals surface area contributed by atoms with Crippen molar-refractivity contribution in [1.29, 1.82) is 0 Å². The van der Waals surface area contributed by atoms with Crippen molar-refractivity contribution in [3.63, 3.8) is 0 Å². The average molecular weight is 501 g/mol. The predicted molar refractivity (Wildman–Crippen MR) is 140 cm³/mol. The highest BCUT2D eigenvalue weighted by atomic mass is 32.2. The Kier molecular flexibility index (Phi) is 5.54. The number of hydrogen-bond acceptors (Lipinski definition) is 6. The molecule has 0 bridgehead atoms. The van der Waals surface area contributed by atoms with E-state index >= 15 is 0 Å². The zero-order valence-corrected chi connectivity index (χ0v) is 20.9. The number of rotatable bonds is 5. The molecule has 6 rings (SSSR count). The molecule has 0 unspecified atom stereocenters. The fraction of sp³-hybridized carbons (Fsp3) is 0.222. The summed E-state index contributed by atoms with van der Waals surface area (Å²) in [7, 11) is -1.67. The van der Waals surface area contributed by atoms with Crippen molar-refractivity contribution in [2.24, 2.45) is 0 Å². The number of thiazole rings is 1. The van der Waals surface area contributed by atoms with Gasteiger partial charge in [-0.2, -0.15) is 0 Å². The number of nitrogens with zero attached hydrogens (tertiary/aromatic N) is 4. The van der Waals surface area contributed by atoms with E-state index in [9.17, 15) is 8.42 Å². The lowest BCUT2D eigenvalue weighted by Crippen LogP contribution is -2.29. The topological polar surface area (TPSA) is 68.1 Å². The SMILES string of the molecule is CN1CCC(c2nc(-c3cn(S(=O)(=O)c4ccccc4)c4ncc(C5=C=CC=C5)cc34)cs2)CC1. The first kappa shape index (κ1) is 22.2. The molecule has 35 heavy (non-hydrogen) atoms. The van der Waals surface area contributed by atoms with Gasteiger partial charge in [-0.25, -0.2) is 22.4 Å². The van der Waals surface area contributed by atoms with Crippen LogP contribution in [-0.2, 0) is 10.0 Å². The number of allylic oxidation sites excluding steroid dienone is 3. The van der Waals surface area contributed by atoms with Gasteiger partial charge in [0, 0.05) is 45.8 Å². The van der Waals surface area contributed by atoms with Crippen molar-refractivity contribution >= 4 is 38.0 Å². The summed E-state index contributed by atoms with van der Waals surface area (Å²) in [6.45, 7) is 2.13. The van der Waals surface area contributed by atoms with E-state index in [-0.39, 0.29) is 4.90 Å². The van der Waals surface area contributed by atoms with Gasteiger partial charge < -0.3 is 4.90 Å². The Bertz CT molecular complexity index is 1620. The van der Waals surface area contributed by atoms with E-state index in [4.69, 9.17) is 4.98 Å². The fourth-order valence-electron chi connectivity index (χ4n) is 4.68. The minimum absolute atomic E-state index is 0.226. The van der Waals surface area contributed by atoms with E-state index in [1.54, 1.807) is 54.1 Å². The minimum Gasteiger partial charge on any atom is -0.306 e. The number of aromatic nitrogens is 3. The molecule has 8 heteroatoms. The predicted octanol–water partition coefficient (Wildman–Crippen LogP) is 5.31. The van der Waals surface area contributed by atoms with Crippen LogP contribution in [0.1, 0.15) is 29.3 Å². The first-order valence-corrected chi connectivity index (χ1v) is 13.9. The maximum Gasteiger partial charge on any atom is 0.269 e. The maximum absolute atomic E-state index is 13.6. The second-order valence-electron chi connectivity index (χ2n) is 8.98. The van der Waals surface area contributed by atoms with Gasteiger partial charge >= 0.3 is 0 Å². The van der Waals surface area contributed by atoms with E-state index in [1.165, 1.54) is 3.97 Å². The van der Waals surface area contributed by atoms with Crippen LogP contribution in [-0.4, -0.2) is 47.4 Å². The van der Waals surface area contributed by atoms with Gasteiger partial charge in [0.2, 0.25) is 0 Å². The largest absolute Gasteiger partial charge is 0.306 e. The average Bonchev–Trinajstić information content (AvgIpc) is 3.64. The highest BCUT2D eigenvalue weighted by molar-refractivity contribution is 7.90. The lowest BCUT2D eigenvalue weighted by molar-refractivity contribution is 0.255. The Labute approximate surface area is 208 Å². The minimum atomic E-state index is -3.82. The number of benzene rings is 1. The van der Waals surface area contributed by atoms with Crippen LogP contribution >= 0.6 is 11.3 Å². The molecule has 1 aliphatic heterocycles. The summed E-state index contributed by atoms with van der Waals surface area (Å²) in [5.41, 5.74) is 6.99. The van der Waals surface area contributed by atoms with Gasteiger partial charge in [0.15, 0.2) is 5.65 Å². The summed E-state index contributed by atoms with van der Waals surface area (Å²) in [4.78, 5) is 12.2. The van der Waals surface area contributed by atoms with Crippen LogP contribution < -0.4 is 0 Å². The van der Waals surface area contributed by atoms with Crippen molar-refractivity contribution in [3.05, 3.63) is 88.7 Å². The molecule has 176 valence electrons. The fourth-order valence-corrected chi connectivity index (χ4v) is 7.02. The number of hydrogen-bond donors (Lipinski definition) is 0. The van der Waals surface area contributed by atoms with E-state index < -0.39 is 10.0 Å². The van der Waals surface area contributed by atoms with E-state index in [0.717, 1.165) is 58.7 Å². The molecule has 3 aromatic heterocycles. The molecule has 1 fully saturated rings. The molecule has 0 radical (unpaired) electrons. The molecule has 0 spiro atoms. The Balaban J connectivity index is 1.50. The number of pyridine rings is 1. The second-order valence-corrected chi connectivity index (χ2v) is 11.7. The molecule has 6 nitrogen and oxygen atoms in total. The lowest BCUT2D eigenvalue weighted by Gasteiger charge is -2.27. The highest BCUT2D eigenvalue weighted by Gasteiger charge is 2.26. The molecule has 0 saturated carbocycles. The van der Waals surface area contributed by atoms with E-state index in [1.807, 2.05) is 29.7 Å².